The molecule has 3 nitrogen and oxygen atoms in total. The van der Waals surface area contributed by atoms with Gasteiger partial charge in [-0.05, 0) is 87.0 Å². The normalized spacial score (nSPS) is 14.7. The molecule has 1 atom stereocenters. The number of nitrogens with zero attached hydrogens (tertiary/aromatic N) is 1. The fourth-order valence-electron chi connectivity index (χ4n) is 5.93. The largest absolute Gasteiger partial charge is 0.423 e. The standard InChI is InChI=1S/C37H27NO2/c1-2-35(39)40-32-21-15-26(16-22-32)25-13-19-31(20-14-25)38(30-9-4-3-5-10-30)34-24-18-29-12-11-27-7-6-8-28-17-23-33(34)37(29)36(27)28/h2-7,9-24,34H,1,8H2. The molecule has 5 aromatic carbocycles. The minimum absolute atomic E-state index is 0.0507. The summed E-state index contributed by atoms with van der Waals surface area (Å²) in [5, 5.41) is 2.75. The van der Waals surface area contributed by atoms with Crippen LogP contribution in [0.1, 0.15) is 28.3 Å². The van der Waals surface area contributed by atoms with Crippen molar-refractivity contribution in [3.63, 3.8) is 0 Å². The molecule has 0 spiro atoms. The molecule has 3 heteroatoms. The Kier molecular flexibility index (Phi) is 5.90. The number of hydrogen-bond donors (Lipinski definition) is 0. The topological polar surface area (TPSA) is 29.5 Å². The number of carbonyl (C=O) groups excluding carboxylic acids is 1. The van der Waals surface area contributed by atoms with Gasteiger partial charge in [0.2, 0.25) is 0 Å². The zero-order valence-corrected chi connectivity index (χ0v) is 22.0. The highest BCUT2D eigenvalue weighted by Gasteiger charge is 2.27. The minimum atomic E-state index is -0.464. The highest BCUT2D eigenvalue weighted by atomic mass is 16.5. The Balaban J connectivity index is 1.29. The van der Waals surface area contributed by atoms with Crippen LogP contribution < -0.4 is 9.64 Å². The van der Waals surface area contributed by atoms with Gasteiger partial charge in [-0.25, -0.2) is 4.79 Å². The highest BCUT2D eigenvalue weighted by molar-refractivity contribution is 6.03. The molecular formula is C37H27NO2. The van der Waals surface area contributed by atoms with Crippen molar-refractivity contribution in [2.24, 2.45) is 0 Å². The highest BCUT2D eigenvalue weighted by Crippen LogP contribution is 2.45. The zero-order chi connectivity index (χ0) is 27.1. The maximum Gasteiger partial charge on any atom is 0.335 e. The molecule has 0 radical (unpaired) electrons. The first-order valence-electron chi connectivity index (χ1n) is 13.5. The van der Waals surface area contributed by atoms with Crippen LogP contribution in [-0.4, -0.2) is 5.97 Å². The van der Waals surface area contributed by atoms with Crippen molar-refractivity contribution in [2.45, 2.75) is 12.5 Å². The van der Waals surface area contributed by atoms with Crippen molar-refractivity contribution < 1.29 is 9.53 Å². The first-order valence-corrected chi connectivity index (χ1v) is 13.5. The van der Waals surface area contributed by atoms with Crippen LogP contribution in [0, 0.1) is 0 Å². The number of carbonyl (C=O) groups is 1. The average molecular weight is 518 g/mol. The number of anilines is 2. The van der Waals surface area contributed by atoms with Crippen molar-refractivity contribution in [3.05, 3.63) is 150 Å². The third kappa shape index (κ3) is 4.13. The van der Waals surface area contributed by atoms with E-state index in [9.17, 15) is 4.79 Å². The Morgan fingerprint density at radius 1 is 0.750 bits per heavy atom. The molecule has 7 rings (SSSR count). The Morgan fingerprint density at radius 2 is 1.43 bits per heavy atom. The number of benzene rings is 5. The predicted molar refractivity (Wildman–Crippen MR) is 165 cm³/mol. The van der Waals surface area contributed by atoms with Crippen molar-refractivity contribution in [1.82, 2.24) is 0 Å². The second kappa shape index (κ2) is 9.87. The summed E-state index contributed by atoms with van der Waals surface area (Å²) in [4.78, 5) is 13.9. The average Bonchev–Trinajstić information content (AvgIpc) is 3.02. The number of rotatable bonds is 6. The van der Waals surface area contributed by atoms with E-state index < -0.39 is 5.97 Å². The van der Waals surface area contributed by atoms with Gasteiger partial charge in [0.25, 0.3) is 0 Å². The summed E-state index contributed by atoms with van der Waals surface area (Å²) in [5.74, 6) is 0.0368. The summed E-state index contributed by atoms with van der Waals surface area (Å²) < 4.78 is 5.22. The number of para-hydroxylation sites is 1. The van der Waals surface area contributed by atoms with Gasteiger partial charge >= 0.3 is 5.97 Å². The van der Waals surface area contributed by atoms with Gasteiger partial charge in [-0.15, -0.1) is 0 Å². The molecule has 0 heterocycles. The van der Waals surface area contributed by atoms with Crippen LogP contribution in [0.25, 0.3) is 34.1 Å². The molecule has 5 aromatic rings. The van der Waals surface area contributed by atoms with E-state index in [1.165, 1.54) is 33.0 Å². The molecule has 0 aliphatic heterocycles. The second-order valence-electron chi connectivity index (χ2n) is 10.1. The molecule has 0 amide bonds. The predicted octanol–water partition coefficient (Wildman–Crippen LogP) is 9.07. The number of ether oxygens (including phenoxy) is 1. The maximum atomic E-state index is 11.5. The van der Waals surface area contributed by atoms with Crippen molar-refractivity contribution in [2.75, 3.05) is 4.90 Å². The van der Waals surface area contributed by atoms with E-state index in [-0.39, 0.29) is 6.04 Å². The molecule has 0 N–H and O–H groups in total. The van der Waals surface area contributed by atoms with Gasteiger partial charge < -0.3 is 9.64 Å². The van der Waals surface area contributed by atoms with Gasteiger partial charge in [0.05, 0.1) is 6.04 Å². The van der Waals surface area contributed by atoms with Crippen LogP contribution in [0.2, 0.25) is 0 Å². The fraction of sp³-hybridized carbons (Fsp3) is 0.0541. The lowest BCUT2D eigenvalue weighted by atomic mass is 9.83. The lowest BCUT2D eigenvalue weighted by Gasteiger charge is -2.35. The summed E-state index contributed by atoms with van der Waals surface area (Å²) in [6, 6.07) is 36.0. The second-order valence-corrected chi connectivity index (χ2v) is 10.1. The van der Waals surface area contributed by atoms with Crippen molar-refractivity contribution in [3.8, 4) is 16.9 Å². The van der Waals surface area contributed by atoms with Gasteiger partial charge in [0.15, 0.2) is 0 Å². The fourth-order valence-corrected chi connectivity index (χ4v) is 5.93. The molecule has 0 aromatic heterocycles. The van der Waals surface area contributed by atoms with Crippen LogP contribution in [0.5, 0.6) is 5.75 Å². The number of hydrogen-bond acceptors (Lipinski definition) is 3. The van der Waals surface area contributed by atoms with Crippen LogP contribution in [0.15, 0.2) is 128 Å². The molecule has 0 saturated carbocycles. The molecule has 2 aliphatic rings. The summed E-state index contributed by atoms with van der Waals surface area (Å²) in [6.45, 7) is 3.45. The van der Waals surface area contributed by atoms with Crippen molar-refractivity contribution in [1.29, 1.82) is 0 Å². The maximum absolute atomic E-state index is 11.5. The van der Waals surface area contributed by atoms with Crippen LogP contribution in [0.3, 0.4) is 0 Å². The van der Waals surface area contributed by atoms with Gasteiger partial charge in [0, 0.05) is 17.5 Å². The molecule has 0 bridgehead atoms. The summed E-state index contributed by atoms with van der Waals surface area (Å²) in [6.07, 6.45) is 11.3. The van der Waals surface area contributed by atoms with E-state index in [0.717, 1.165) is 35.0 Å². The van der Waals surface area contributed by atoms with E-state index in [1.807, 2.05) is 12.1 Å². The Bertz CT molecular complexity index is 1810. The van der Waals surface area contributed by atoms with E-state index in [2.05, 4.69) is 115 Å². The van der Waals surface area contributed by atoms with E-state index in [4.69, 9.17) is 4.74 Å². The molecule has 0 saturated heterocycles. The Labute approximate surface area is 234 Å². The van der Waals surface area contributed by atoms with E-state index in [1.54, 1.807) is 12.1 Å². The first kappa shape index (κ1) is 23.9. The first-order chi connectivity index (χ1) is 19.7. The molecule has 192 valence electrons. The Morgan fingerprint density at radius 3 is 2.15 bits per heavy atom. The molecule has 40 heavy (non-hydrogen) atoms. The third-order valence-electron chi connectivity index (χ3n) is 7.79. The van der Waals surface area contributed by atoms with Crippen LogP contribution in [-0.2, 0) is 11.2 Å². The third-order valence-corrected chi connectivity index (χ3v) is 7.79. The summed E-state index contributed by atoms with van der Waals surface area (Å²) >= 11 is 0. The molecule has 2 aliphatic carbocycles. The van der Waals surface area contributed by atoms with Gasteiger partial charge in [-0.3, -0.25) is 0 Å². The Hall–Kier alpha value is -5.15. The monoisotopic (exact) mass is 517 g/mol. The van der Waals surface area contributed by atoms with E-state index in [0.29, 0.717) is 5.75 Å². The lowest BCUT2D eigenvalue weighted by Crippen LogP contribution is -2.24. The SMILES string of the molecule is C=CC(=O)Oc1ccc(-c2ccc(N(c3ccccc3)C3C=Cc4ccc5c6c(ccc3c46)CC=C5)cc2)cc1. The van der Waals surface area contributed by atoms with Gasteiger partial charge in [0.1, 0.15) is 5.75 Å². The van der Waals surface area contributed by atoms with Crippen LogP contribution in [0.4, 0.5) is 11.4 Å². The number of allylic oxidation sites excluding steroid dienone is 1. The lowest BCUT2D eigenvalue weighted by molar-refractivity contribution is -0.128. The molecular weight excluding hydrogens is 490 g/mol. The minimum Gasteiger partial charge on any atom is -0.423 e. The van der Waals surface area contributed by atoms with Gasteiger partial charge in [-0.2, -0.15) is 0 Å². The summed E-state index contributed by atoms with van der Waals surface area (Å²) in [5.41, 5.74) is 9.71. The van der Waals surface area contributed by atoms with Crippen LogP contribution >= 0.6 is 0 Å². The smallest absolute Gasteiger partial charge is 0.335 e. The van der Waals surface area contributed by atoms with Crippen molar-refractivity contribution >= 4 is 40.3 Å². The molecule has 1 unspecified atom stereocenters. The van der Waals surface area contributed by atoms with E-state index >= 15 is 0 Å². The number of esters is 1. The van der Waals surface area contributed by atoms with Gasteiger partial charge in [-0.1, -0.05) is 97.6 Å². The quantitative estimate of drug-likeness (QED) is 0.128. The summed E-state index contributed by atoms with van der Waals surface area (Å²) in [7, 11) is 0. The zero-order valence-electron chi connectivity index (χ0n) is 22.0. The molecule has 0 fully saturated rings.